The Morgan fingerprint density at radius 2 is 2.05 bits per heavy atom. The molecule has 3 heterocycles. The highest BCUT2D eigenvalue weighted by Crippen LogP contribution is 2.03. The van der Waals surface area contributed by atoms with Crippen molar-refractivity contribution in [1.82, 2.24) is 9.38 Å². The maximum Gasteiger partial charge on any atom is 0.258 e. The number of hydrogen-bond donors (Lipinski definition) is 1. The molecule has 1 N–H and O–H groups in total. The Bertz CT molecular complexity index is 700. The Kier molecular flexibility index (Phi) is 3.78. The lowest BCUT2D eigenvalue weighted by Crippen LogP contribution is -3.14. The van der Waals surface area contributed by atoms with Crippen molar-refractivity contribution in [2.45, 2.75) is 39.5 Å². The molecule has 0 spiro atoms. The molecule has 1 fully saturated rings. The number of ether oxygens (including phenoxy) is 1. The predicted octanol–water partition coefficient (Wildman–Crippen LogP) is 0.195. The number of fused-ring (bicyclic) bond motifs is 1. The first-order valence-corrected chi connectivity index (χ1v) is 7.50. The highest BCUT2D eigenvalue weighted by molar-refractivity contribution is 5.40. The Labute approximate surface area is 124 Å². The van der Waals surface area contributed by atoms with E-state index in [2.05, 4.69) is 18.8 Å². The van der Waals surface area contributed by atoms with E-state index in [0.29, 0.717) is 0 Å². The van der Waals surface area contributed by atoms with E-state index < -0.39 is 0 Å². The van der Waals surface area contributed by atoms with Crippen LogP contribution in [0.1, 0.15) is 25.2 Å². The van der Waals surface area contributed by atoms with Crippen LogP contribution in [-0.4, -0.2) is 34.7 Å². The highest BCUT2D eigenvalue weighted by atomic mass is 16.5. The third-order valence-electron chi connectivity index (χ3n) is 3.98. The summed E-state index contributed by atoms with van der Waals surface area (Å²) in [7, 11) is 0. The molecule has 2 aromatic heterocycles. The molecule has 21 heavy (non-hydrogen) atoms. The normalized spacial score (nSPS) is 26.1. The fraction of sp³-hybridized carbons (Fsp3) is 0.500. The highest BCUT2D eigenvalue weighted by Gasteiger charge is 2.26. The van der Waals surface area contributed by atoms with Gasteiger partial charge in [0.2, 0.25) is 0 Å². The van der Waals surface area contributed by atoms with Crippen LogP contribution in [0.2, 0.25) is 0 Å². The zero-order valence-electron chi connectivity index (χ0n) is 12.8. The molecule has 0 bridgehead atoms. The van der Waals surface area contributed by atoms with Crippen molar-refractivity contribution in [3.8, 4) is 0 Å². The molecule has 2 aromatic rings. The van der Waals surface area contributed by atoms with Crippen LogP contribution in [0.5, 0.6) is 0 Å². The Morgan fingerprint density at radius 1 is 1.33 bits per heavy atom. The van der Waals surface area contributed by atoms with E-state index in [-0.39, 0.29) is 17.8 Å². The van der Waals surface area contributed by atoms with Crippen LogP contribution in [0, 0.1) is 6.92 Å². The molecule has 3 rings (SSSR count). The van der Waals surface area contributed by atoms with Crippen molar-refractivity contribution in [2.75, 3.05) is 13.1 Å². The van der Waals surface area contributed by atoms with Gasteiger partial charge in [-0.1, -0.05) is 6.07 Å². The van der Waals surface area contributed by atoms with Crippen LogP contribution < -0.4 is 10.5 Å². The first-order valence-electron chi connectivity index (χ1n) is 7.50. The number of aromatic nitrogens is 2. The summed E-state index contributed by atoms with van der Waals surface area (Å²) in [5, 5.41) is 0. The van der Waals surface area contributed by atoms with Crippen LogP contribution in [0.3, 0.4) is 0 Å². The van der Waals surface area contributed by atoms with Gasteiger partial charge in [0.1, 0.15) is 43.2 Å². The van der Waals surface area contributed by atoms with Gasteiger partial charge in [0.25, 0.3) is 5.56 Å². The number of nitrogens with zero attached hydrogens (tertiary/aromatic N) is 2. The molecule has 5 nitrogen and oxygen atoms in total. The third kappa shape index (κ3) is 2.99. The van der Waals surface area contributed by atoms with Crippen LogP contribution in [0.15, 0.2) is 29.1 Å². The minimum Gasteiger partial charge on any atom is -0.364 e. The lowest BCUT2D eigenvalue weighted by Gasteiger charge is -2.32. The second-order valence-electron chi connectivity index (χ2n) is 6.04. The third-order valence-corrected chi connectivity index (χ3v) is 3.98. The molecule has 2 atom stereocenters. The van der Waals surface area contributed by atoms with Gasteiger partial charge < -0.3 is 9.64 Å². The first-order chi connectivity index (χ1) is 10.0. The Hall–Kier alpha value is -1.72. The molecular weight excluding hydrogens is 266 g/mol. The van der Waals surface area contributed by atoms with Gasteiger partial charge in [0, 0.05) is 11.8 Å². The lowest BCUT2D eigenvalue weighted by atomic mass is 10.2. The number of quaternary nitrogens is 1. The van der Waals surface area contributed by atoms with Gasteiger partial charge in [-0.25, -0.2) is 4.98 Å². The fourth-order valence-electron chi connectivity index (χ4n) is 3.24. The maximum atomic E-state index is 12.3. The van der Waals surface area contributed by atoms with Gasteiger partial charge >= 0.3 is 0 Å². The van der Waals surface area contributed by atoms with Gasteiger partial charge in [-0.05, 0) is 32.9 Å². The second-order valence-corrected chi connectivity index (χ2v) is 6.04. The van der Waals surface area contributed by atoms with E-state index in [1.807, 2.05) is 25.1 Å². The number of hydrogen-bond acceptors (Lipinski definition) is 3. The van der Waals surface area contributed by atoms with Crippen molar-refractivity contribution in [2.24, 2.45) is 0 Å². The van der Waals surface area contributed by atoms with Gasteiger partial charge in [-0.2, -0.15) is 0 Å². The quantitative estimate of drug-likeness (QED) is 0.858. The molecule has 1 saturated heterocycles. The van der Waals surface area contributed by atoms with E-state index in [1.54, 1.807) is 10.5 Å². The minimum absolute atomic E-state index is 0.00172. The van der Waals surface area contributed by atoms with Crippen LogP contribution >= 0.6 is 0 Å². The van der Waals surface area contributed by atoms with Crippen molar-refractivity contribution in [3.63, 3.8) is 0 Å². The minimum atomic E-state index is 0.00172. The fourth-order valence-corrected chi connectivity index (χ4v) is 3.24. The monoisotopic (exact) mass is 288 g/mol. The molecule has 0 amide bonds. The molecule has 0 radical (unpaired) electrons. The molecule has 5 heteroatoms. The van der Waals surface area contributed by atoms with Crippen molar-refractivity contribution in [3.05, 3.63) is 46.0 Å². The molecule has 112 valence electrons. The number of morpholine rings is 1. The summed E-state index contributed by atoms with van der Waals surface area (Å²) < 4.78 is 7.41. The molecule has 0 aliphatic carbocycles. The summed E-state index contributed by atoms with van der Waals surface area (Å²) in [5.74, 6) is 0. The molecule has 0 saturated carbocycles. The standard InChI is InChI=1S/C16H21N3O2/c1-11-5-4-6-15-17-14(7-16(20)19(11)15)10-18-8-12(2)21-13(3)9-18/h4-7,12-13H,8-10H2,1-3H3/p+1/t12-,13-/m1/s1. The second kappa shape index (κ2) is 5.58. The zero-order chi connectivity index (χ0) is 15.0. The topological polar surface area (TPSA) is 48.0 Å². The Balaban J connectivity index is 1.90. The van der Waals surface area contributed by atoms with Gasteiger partial charge in [-0.15, -0.1) is 0 Å². The predicted molar refractivity (Wildman–Crippen MR) is 80.6 cm³/mol. The van der Waals surface area contributed by atoms with Gasteiger partial charge in [0.15, 0.2) is 0 Å². The van der Waals surface area contributed by atoms with Gasteiger partial charge in [-0.3, -0.25) is 9.20 Å². The summed E-state index contributed by atoms with van der Waals surface area (Å²) in [6.45, 7) is 8.81. The average Bonchev–Trinajstić information content (AvgIpc) is 2.36. The van der Waals surface area contributed by atoms with Gasteiger partial charge in [0.05, 0.1) is 0 Å². The molecule has 1 aliphatic rings. The van der Waals surface area contributed by atoms with E-state index in [1.165, 1.54) is 4.90 Å². The first kappa shape index (κ1) is 14.2. The number of pyridine rings is 1. The van der Waals surface area contributed by atoms with Crippen molar-refractivity contribution < 1.29 is 9.64 Å². The largest absolute Gasteiger partial charge is 0.364 e. The zero-order valence-corrected chi connectivity index (χ0v) is 12.8. The molecule has 0 unspecified atom stereocenters. The number of nitrogens with one attached hydrogen (secondary N) is 1. The SMILES string of the molecule is Cc1cccc2nc(C[NH+]3C[C@@H](C)O[C@H](C)C3)cc(=O)n12. The number of aryl methyl sites for hydroxylation is 1. The van der Waals surface area contributed by atoms with Crippen LogP contribution in [-0.2, 0) is 11.3 Å². The molecule has 0 aromatic carbocycles. The van der Waals surface area contributed by atoms with E-state index in [9.17, 15) is 4.79 Å². The summed E-state index contributed by atoms with van der Waals surface area (Å²) in [5.41, 5.74) is 2.51. The summed E-state index contributed by atoms with van der Waals surface area (Å²) in [4.78, 5) is 18.3. The summed E-state index contributed by atoms with van der Waals surface area (Å²) >= 11 is 0. The van der Waals surface area contributed by atoms with Crippen LogP contribution in [0.25, 0.3) is 5.65 Å². The summed E-state index contributed by atoms with van der Waals surface area (Å²) in [6.07, 6.45) is 0.514. The smallest absolute Gasteiger partial charge is 0.258 e. The molecule has 1 aliphatic heterocycles. The number of rotatable bonds is 2. The maximum absolute atomic E-state index is 12.3. The average molecular weight is 288 g/mol. The van der Waals surface area contributed by atoms with E-state index in [4.69, 9.17) is 4.74 Å². The summed E-state index contributed by atoms with van der Waals surface area (Å²) in [6, 6.07) is 7.41. The van der Waals surface area contributed by atoms with Crippen molar-refractivity contribution in [1.29, 1.82) is 0 Å². The van der Waals surface area contributed by atoms with E-state index in [0.717, 1.165) is 36.7 Å². The van der Waals surface area contributed by atoms with Crippen LogP contribution in [0.4, 0.5) is 0 Å². The van der Waals surface area contributed by atoms with Crippen molar-refractivity contribution >= 4 is 5.65 Å². The lowest BCUT2D eigenvalue weighted by molar-refractivity contribution is -0.928. The Morgan fingerprint density at radius 3 is 2.76 bits per heavy atom. The molecular formula is C16H22N3O2+. The van der Waals surface area contributed by atoms with E-state index >= 15 is 0 Å².